The van der Waals surface area contributed by atoms with E-state index in [0.29, 0.717) is 13.1 Å². The molecule has 7 heteroatoms. The molecule has 2 amide bonds. The minimum atomic E-state index is -0.158. The molecule has 0 saturated carbocycles. The van der Waals surface area contributed by atoms with E-state index < -0.39 is 0 Å². The van der Waals surface area contributed by atoms with Gasteiger partial charge in [0.2, 0.25) is 0 Å². The Bertz CT molecular complexity index is 886. The third-order valence-electron chi connectivity index (χ3n) is 6.87. The van der Waals surface area contributed by atoms with Gasteiger partial charge in [-0.1, -0.05) is 37.3 Å². The molecule has 0 atom stereocenters. The van der Waals surface area contributed by atoms with Crippen molar-refractivity contribution in [1.82, 2.24) is 25.4 Å². The van der Waals surface area contributed by atoms with Crippen LogP contribution < -0.4 is 15.5 Å². The molecule has 2 aromatic rings. The Balaban J connectivity index is 1.22. The predicted octanol–water partition coefficient (Wildman–Crippen LogP) is 3.06. The molecule has 0 bridgehead atoms. The number of benzene rings is 1. The Hall–Kier alpha value is -2.64. The fourth-order valence-corrected chi connectivity index (χ4v) is 4.53. The second kappa shape index (κ2) is 11.5. The van der Waals surface area contributed by atoms with Crippen LogP contribution in [0.3, 0.4) is 0 Å². The van der Waals surface area contributed by atoms with Crippen LogP contribution in [0.15, 0.2) is 42.6 Å². The van der Waals surface area contributed by atoms with Crippen LogP contribution in [-0.4, -0.2) is 67.1 Å². The van der Waals surface area contributed by atoms with Crippen LogP contribution in [-0.2, 0) is 19.6 Å². The maximum atomic E-state index is 12.4. The van der Waals surface area contributed by atoms with Crippen molar-refractivity contribution in [3.05, 3.63) is 59.3 Å². The molecule has 2 saturated heterocycles. The number of carbonyl (C=O) groups excluding carboxylic acids is 1. The van der Waals surface area contributed by atoms with Gasteiger partial charge in [0.05, 0.1) is 0 Å². The number of hydrogen-bond donors (Lipinski definition) is 2. The summed E-state index contributed by atoms with van der Waals surface area (Å²) < 4.78 is 0. The SMILES string of the molecule is CC1CCN(Cc2ccc(CNC(=O)NCc3cccnc3N3CCN(C)CC3)cc2)CC1. The minimum Gasteiger partial charge on any atom is -0.354 e. The highest BCUT2D eigenvalue weighted by molar-refractivity contribution is 5.74. The largest absolute Gasteiger partial charge is 0.354 e. The van der Waals surface area contributed by atoms with E-state index in [-0.39, 0.29) is 6.03 Å². The Morgan fingerprint density at radius 3 is 2.33 bits per heavy atom. The van der Waals surface area contributed by atoms with Crippen LogP contribution in [0.4, 0.5) is 10.6 Å². The molecule has 0 spiro atoms. The van der Waals surface area contributed by atoms with E-state index >= 15 is 0 Å². The summed E-state index contributed by atoms with van der Waals surface area (Å²) in [5, 5.41) is 5.97. The number of nitrogens with one attached hydrogen (secondary N) is 2. The Kier molecular flexibility index (Phi) is 8.18. The first-order valence-electron chi connectivity index (χ1n) is 12.3. The molecule has 2 N–H and O–H groups in total. The van der Waals surface area contributed by atoms with Gasteiger partial charge in [-0.15, -0.1) is 0 Å². The Labute approximate surface area is 198 Å². The molecule has 0 radical (unpaired) electrons. The number of hydrogen-bond acceptors (Lipinski definition) is 5. The van der Waals surface area contributed by atoms with Crippen molar-refractivity contribution in [3.8, 4) is 0 Å². The van der Waals surface area contributed by atoms with Gasteiger partial charge in [-0.2, -0.15) is 0 Å². The number of piperazine rings is 1. The van der Waals surface area contributed by atoms with Crippen LogP contribution in [0.25, 0.3) is 0 Å². The van der Waals surface area contributed by atoms with E-state index in [1.54, 1.807) is 0 Å². The maximum Gasteiger partial charge on any atom is 0.315 e. The number of nitrogens with zero attached hydrogens (tertiary/aromatic N) is 4. The lowest BCUT2D eigenvalue weighted by Gasteiger charge is -2.34. The minimum absolute atomic E-state index is 0.158. The third kappa shape index (κ3) is 6.92. The fraction of sp³-hybridized carbons (Fsp3) is 0.538. The number of likely N-dealkylation sites (tertiary alicyclic amines) is 1. The summed E-state index contributed by atoms with van der Waals surface area (Å²) in [6, 6.07) is 12.4. The maximum absolute atomic E-state index is 12.4. The summed E-state index contributed by atoms with van der Waals surface area (Å²) >= 11 is 0. The number of aromatic nitrogens is 1. The Morgan fingerprint density at radius 1 is 0.939 bits per heavy atom. The summed E-state index contributed by atoms with van der Waals surface area (Å²) in [7, 11) is 2.14. The molecule has 1 aromatic heterocycles. The van der Waals surface area contributed by atoms with Gasteiger partial charge in [-0.3, -0.25) is 4.90 Å². The third-order valence-corrected chi connectivity index (χ3v) is 6.87. The van der Waals surface area contributed by atoms with E-state index in [0.717, 1.165) is 55.6 Å². The number of anilines is 1. The summed E-state index contributed by atoms with van der Waals surface area (Å²) in [5.74, 6) is 1.84. The zero-order valence-corrected chi connectivity index (χ0v) is 20.1. The number of pyridine rings is 1. The van der Waals surface area contributed by atoms with E-state index in [4.69, 9.17) is 0 Å². The molecule has 2 aliphatic heterocycles. The molecular formula is C26H38N6O. The molecule has 4 rings (SSSR count). The normalized spacial score (nSPS) is 18.3. The van der Waals surface area contributed by atoms with Crippen LogP contribution in [0.2, 0.25) is 0 Å². The zero-order chi connectivity index (χ0) is 23.0. The smallest absolute Gasteiger partial charge is 0.315 e. The first-order chi connectivity index (χ1) is 16.1. The predicted molar refractivity (Wildman–Crippen MR) is 133 cm³/mol. The molecular weight excluding hydrogens is 412 g/mol. The van der Waals surface area contributed by atoms with Crippen molar-refractivity contribution >= 4 is 11.8 Å². The van der Waals surface area contributed by atoms with Crippen molar-refractivity contribution in [2.24, 2.45) is 5.92 Å². The van der Waals surface area contributed by atoms with E-state index in [1.807, 2.05) is 18.3 Å². The molecule has 178 valence electrons. The quantitative estimate of drug-likeness (QED) is 0.679. The van der Waals surface area contributed by atoms with E-state index in [1.165, 1.54) is 31.5 Å². The van der Waals surface area contributed by atoms with Gasteiger partial charge in [-0.25, -0.2) is 9.78 Å². The van der Waals surface area contributed by atoms with Gasteiger partial charge < -0.3 is 20.4 Å². The van der Waals surface area contributed by atoms with Gasteiger partial charge in [0.25, 0.3) is 0 Å². The molecule has 0 aliphatic carbocycles. The second-order valence-electron chi connectivity index (χ2n) is 9.59. The fourth-order valence-electron chi connectivity index (χ4n) is 4.53. The highest BCUT2D eigenvalue weighted by Gasteiger charge is 2.18. The van der Waals surface area contributed by atoms with Gasteiger partial charge in [-0.05, 0) is 56.1 Å². The molecule has 33 heavy (non-hydrogen) atoms. The van der Waals surface area contributed by atoms with Gasteiger partial charge in [0.15, 0.2) is 0 Å². The molecule has 3 heterocycles. The lowest BCUT2D eigenvalue weighted by Crippen LogP contribution is -2.45. The lowest BCUT2D eigenvalue weighted by molar-refractivity contribution is 0.185. The first kappa shape index (κ1) is 23.5. The van der Waals surface area contributed by atoms with Crippen LogP contribution in [0.5, 0.6) is 0 Å². The van der Waals surface area contributed by atoms with E-state index in [2.05, 4.69) is 68.6 Å². The lowest BCUT2D eigenvalue weighted by atomic mass is 9.99. The number of rotatable bonds is 7. The van der Waals surface area contributed by atoms with Crippen LogP contribution in [0, 0.1) is 5.92 Å². The molecule has 0 unspecified atom stereocenters. The average Bonchev–Trinajstić information content (AvgIpc) is 2.84. The standard InChI is InChI=1S/C26H38N6O/c1-21-9-12-31(13-10-21)20-23-7-5-22(6-8-23)18-28-26(33)29-19-24-4-3-11-27-25(24)32-16-14-30(2)15-17-32/h3-8,11,21H,9-10,12-20H2,1-2H3,(H2,28,29,33). The highest BCUT2D eigenvalue weighted by Crippen LogP contribution is 2.19. The number of amides is 2. The summed E-state index contributed by atoms with van der Waals surface area (Å²) in [6.45, 7) is 10.7. The Morgan fingerprint density at radius 2 is 1.61 bits per heavy atom. The zero-order valence-electron chi connectivity index (χ0n) is 20.1. The van der Waals surface area contributed by atoms with Crippen molar-refractivity contribution in [1.29, 1.82) is 0 Å². The number of likely N-dealkylation sites (N-methyl/N-ethyl adjacent to an activating group) is 1. The number of urea groups is 1. The molecule has 1 aromatic carbocycles. The second-order valence-corrected chi connectivity index (χ2v) is 9.59. The molecule has 2 fully saturated rings. The average molecular weight is 451 g/mol. The van der Waals surface area contributed by atoms with Gasteiger partial charge >= 0.3 is 6.03 Å². The van der Waals surface area contributed by atoms with Gasteiger partial charge in [0, 0.05) is 57.6 Å². The van der Waals surface area contributed by atoms with Crippen molar-refractivity contribution in [2.75, 3.05) is 51.2 Å². The number of piperidine rings is 1. The molecule has 7 nitrogen and oxygen atoms in total. The van der Waals surface area contributed by atoms with Crippen molar-refractivity contribution < 1.29 is 4.79 Å². The monoisotopic (exact) mass is 450 g/mol. The topological polar surface area (TPSA) is 63.7 Å². The van der Waals surface area contributed by atoms with Gasteiger partial charge in [0.1, 0.15) is 5.82 Å². The van der Waals surface area contributed by atoms with Crippen molar-refractivity contribution in [2.45, 2.75) is 39.4 Å². The summed E-state index contributed by atoms with van der Waals surface area (Å²) in [6.07, 6.45) is 4.42. The van der Waals surface area contributed by atoms with E-state index in [9.17, 15) is 4.79 Å². The molecule has 2 aliphatic rings. The van der Waals surface area contributed by atoms with Crippen molar-refractivity contribution in [3.63, 3.8) is 0 Å². The van der Waals surface area contributed by atoms with Crippen LogP contribution >= 0.6 is 0 Å². The number of carbonyl (C=O) groups is 1. The first-order valence-corrected chi connectivity index (χ1v) is 12.3. The summed E-state index contributed by atoms with van der Waals surface area (Å²) in [4.78, 5) is 24.2. The summed E-state index contributed by atoms with van der Waals surface area (Å²) in [5.41, 5.74) is 3.50. The van der Waals surface area contributed by atoms with Crippen LogP contribution in [0.1, 0.15) is 36.5 Å². The highest BCUT2D eigenvalue weighted by atomic mass is 16.2.